The maximum atomic E-state index is 12.2. The molecule has 0 radical (unpaired) electrons. The summed E-state index contributed by atoms with van der Waals surface area (Å²) in [6.07, 6.45) is 1.19. The third-order valence-corrected chi connectivity index (χ3v) is 3.81. The van der Waals surface area contributed by atoms with E-state index in [9.17, 15) is 9.59 Å². The molecule has 5 nitrogen and oxygen atoms in total. The van der Waals surface area contributed by atoms with Crippen LogP contribution < -0.4 is 5.32 Å². The molecule has 1 aliphatic rings. The lowest BCUT2D eigenvalue weighted by atomic mass is 9.97. The fourth-order valence-electron chi connectivity index (χ4n) is 2.37. The molecule has 1 saturated heterocycles. The summed E-state index contributed by atoms with van der Waals surface area (Å²) in [4.78, 5) is 23.3. The second-order valence-electron chi connectivity index (χ2n) is 5.10. The number of rotatable bonds is 5. The molecule has 0 spiro atoms. The van der Waals surface area contributed by atoms with Crippen molar-refractivity contribution in [2.75, 3.05) is 13.2 Å². The van der Waals surface area contributed by atoms with Crippen molar-refractivity contribution in [2.24, 2.45) is 5.92 Å². The second-order valence-corrected chi connectivity index (χ2v) is 5.53. The summed E-state index contributed by atoms with van der Waals surface area (Å²) in [5, 5.41) is 12.4. The highest BCUT2D eigenvalue weighted by Crippen LogP contribution is 2.22. The maximum absolute atomic E-state index is 12.2. The van der Waals surface area contributed by atoms with Gasteiger partial charge in [0, 0.05) is 24.2 Å². The molecule has 0 aromatic heterocycles. The Morgan fingerprint density at radius 1 is 1.29 bits per heavy atom. The first-order valence-electron chi connectivity index (χ1n) is 6.91. The van der Waals surface area contributed by atoms with Crippen molar-refractivity contribution in [3.8, 4) is 0 Å². The van der Waals surface area contributed by atoms with E-state index >= 15 is 0 Å². The molecule has 114 valence electrons. The lowest BCUT2D eigenvalue weighted by Gasteiger charge is -2.24. The molecule has 1 fully saturated rings. The molecule has 1 amide bonds. The predicted octanol–water partition coefficient (Wildman–Crippen LogP) is 2.40. The number of ether oxygens (including phenoxy) is 1. The molecule has 0 aliphatic carbocycles. The number of aliphatic carboxylic acids is 1. The van der Waals surface area contributed by atoms with E-state index in [1.165, 1.54) is 0 Å². The molecular weight excluding hydrogens is 294 g/mol. The van der Waals surface area contributed by atoms with Crippen molar-refractivity contribution >= 4 is 23.5 Å². The quantitative estimate of drug-likeness (QED) is 0.875. The normalized spacial score (nSPS) is 17.2. The molecule has 2 rings (SSSR count). The highest BCUT2D eigenvalue weighted by molar-refractivity contribution is 6.30. The van der Waals surface area contributed by atoms with Gasteiger partial charge in [0.15, 0.2) is 0 Å². The summed E-state index contributed by atoms with van der Waals surface area (Å²) in [6.45, 7) is 1.14. The summed E-state index contributed by atoms with van der Waals surface area (Å²) >= 11 is 5.83. The third kappa shape index (κ3) is 4.72. The van der Waals surface area contributed by atoms with Crippen LogP contribution in [-0.2, 0) is 14.3 Å². The lowest BCUT2D eigenvalue weighted by Crippen LogP contribution is -2.37. The van der Waals surface area contributed by atoms with Gasteiger partial charge in [-0.3, -0.25) is 9.59 Å². The van der Waals surface area contributed by atoms with Crippen molar-refractivity contribution in [2.45, 2.75) is 25.3 Å². The minimum atomic E-state index is -0.956. The number of nitrogens with one attached hydrogen (secondary N) is 1. The molecule has 0 bridgehead atoms. The summed E-state index contributed by atoms with van der Waals surface area (Å²) in [7, 11) is 0. The summed E-state index contributed by atoms with van der Waals surface area (Å²) in [5.74, 6) is -1.18. The molecule has 2 N–H and O–H groups in total. The van der Waals surface area contributed by atoms with Gasteiger partial charge < -0.3 is 15.2 Å². The number of hydrogen-bond donors (Lipinski definition) is 2. The lowest BCUT2D eigenvalue weighted by molar-refractivity contribution is -0.138. The molecule has 1 aromatic carbocycles. The minimum Gasteiger partial charge on any atom is -0.481 e. The van der Waals surface area contributed by atoms with Gasteiger partial charge in [-0.05, 0) is 30.5 Å². The Hall–Kier alpha value is -1.59. The zero-order valence-electron chi connectivity index (χ0n) is 11.5. The first kappa shape index (κ1) is 15.8. The van der Waals surface area contributed by atoms with Crippen molar-refractivity contribution in [1.82, 2.24) is 5.32 Å². The van der Waals surface area contributed by atoms with Gasteiger partial charge in [-0.2, -0.15) is 0 Å². The van der Waals surface area contributed by atoms with Crippen molar-refractivity contribution in [3.05, 3.63) is 34.9 Å². The zero-order valence-corrected chi connectivity index (χ0v) is 12.3. The van der Waals surface area contributed by atoms with Crippen molar-refractivity contribution in [1.29, 1.82) is 0 Å². The Kier molecular flexibility index (Phi) is 5.59. The van der Waals surface area contributed by atoms with Gasteiger partial charge in [0.2, 0.25) is 5.91 Å². The average molecular weight is 312 g/mol. The van der Waals surface area contributed by atoms with Crippen LogP contribution in [0.25, 0.3) is 0 Å². The van der Waals surface area contributed by atoms with E-state index in [0.717, 1.165) is 5.56 Å². The number of carbonyl (C=O) groups excluding carboxylic acids is 1. The van der Waals surface area contributed by atoms with E-state index in [-0.39, 0.29) is 18.2 Å². The largest absolute Gasteiger partial charge is 0.481 e. The van der Waals surface area contributed by atoms with Crippen LogP contribution in [0.2, 0.25) is 5.02 Å². The zero-order chi connectivity index (χ0) is 15.2. The molecule has 0 saturated carbocycles. The van der Waals surface area contributed by atoms with Crippen LogP contribution in [0, 0.1) is 5.92 Å². The highest BCUT2D eigenvalue weighted by atomic mass is 35.5. The van der Waals surface area contributed by atoms with Crippen LogP contribution in [0.4, 0.5) is 0 Å². The van der Waals surface area contributed by atoms with E-state index in [2.05, 4.69) is 5.32 Å². The van der Waals surface area contributed by atoms with Crippen molar-refractivity contribution < 1.29 is 19.4 Å². The van der Waals surface area contributed by atoms with E-state index < -0.39 is 12.0 Å². The Labute approximate surface area is 128 Å². The monoisotopic (exact) mass is 311 g/mol. The number of hydrogen-bond acceptors (Lipinski definition) is 3. The Morgan fingerprint density at radius 3 is 2.48 bits per heavy atom. The minimum absolute atomic E-state index is 0.109. The summed E-state index contributed by atoms with van der Waals surface area (Å²) in [5.41, 5.74) is 0.738. The number of carboxylic acid groups (broad SMARTS) is 1. The smallest absolute Gasteiger partial charge is 0.305 e. The molecule has 1 aliphatic heterocycles. The van der Waals surface area contributed by atoms with Crippen LogP contribution in [0.5, 0.6) is 0 Å². The van der Waals surface area contributed by atoms with Crippen LogP contribution in [-0.4, -0.2) is 30.2 Å². The molecular formula is C15H18ClNO4. The number of halogens is 1. The van der Waals surface area contributed by atoms with Gasteiger partial charge in [-0.15, -0.1) is 0 Å². The van der Waals surface area contributed by atoms with Crippen LogP contribution in [0.3, 0.4) is 0 Å². The summed E-state index contributed by atoms with van der Waals surface area (Å²) < 4.78 is 5.23. The van der Waals surface area contributed by atoms with Crippen LogP contribution >= 0.6 is 11.6 Å². The predicted molar refractivity (Wildman–Crippen MR) is 78.1 cm³/mol. The topological polar surface area (TPSA) is 75.6 Å². The molecule has 6 heteroatoms. The highest BCUT2D eigenvalue weighted by Gasteiger charge is 2.25. The molecule has 1 aromatic rings. The second kappa shape index (κ2) is 7.43. The number of carbonyl (C=O) groups is 2. The molecule has 1 atom stereocenters. The molecule has 1 heterocycles. The van der Waals surface area contributed by atoms with E-state index in [1.807, 2.05) is 0 Å². The van der Waals surface area contributed by atoms with Gasteiger partial charge in [-0.25, -0.2) is 0 Å². The van der Waals surface area contributed by atoms with E-state index in [1.54, 1.807) is 24.3 Å². The SMILES string of the molecule is O=C(O)C[C@H](NC(=O)C1CCOCC1)c1ccc(Cl)cc1. The standard InChI is InChI=1S/C15H18ClNO4/c16-12-3-1-10(2-4-12)13(9-14(18)19)17-15(20)11-5-7-21-8-6-11/h1-4,11,13H,5-9H2,(H,17,20)(H,18,19)/t13-/m0/s1. The van der Waals surface area contributed by atoms with E-state index in [0.29, 0.717) is 31.1 Å². The van der Waals surface area contributed by atoms with Gasteiger partial charge >= 0.3 is 5.97 Å². The van der Waals surface area contributed by atoms with Crippen molar-refractivity contribution in [3.63, 3.8) is 0 Å². The van der Waals surface area contributed by atoms with Gasteiger partial charge in [-0.1, -0.05) is 23.7 Å². The van der Waals surface area contributed by atoms with E-state index in [4.69, 9.17) is 21.4 Å². The average Bonchev–Trinajstić information content (AvgIpc) is 2.48. The van der Waals surface area contributed by atoms with Crippen LogP contribution in [0.15, 0.2) is 24.3 Å². The number of carboxylic acids is 1. The number of benzene rings is 1. The first-order valence-corrected chi connectivity index (χ1v) is 7.29. The number of amides is 1. The third-order valence-electron chi connectivity index (χ3n) is 3.56. The van der Waals surface area contributed by atoms with Gasteiger partial charge in [0.1, 0.15) is 0 Å². The first-order chi connectivity index (χ1) is 10.1. The van der Waals surface area contributed by atoms with Crippen LogP contribution in [0.1, 0.15) is 30.9 Å². The fourth-order valence-corrected chi connectivity index (χ4v) is 2.50. The Balaban J connectivity index is 2.06. The fraction of sp³-hybridized carbons (Fsp3) is 0.467. The van der Waals surface area contributed by atoms with Gasteiger partial charge in [0.25, 0.3) is 0 Å². The Bertz CT molecular complexity index is 497. The Morgan fingerprint density at radius 2 is 1.90 bits per heavy atom. The summed E-state index contributed by atoms with van der Waals surface area (Å²) in [6, 6.07) is 6.30. The maximum Gasteiger partial charge on any atom is 0.305 e. The van der Waals surface area contributed by atoms with Gasteiger partial charge in [0.05, 0.1) is 12.5 Å². The molecule has 21 heavy (non-hydrogen) atoms. The molecule has 0 unspecified atom stereocenters.